The molecule has 54 valence electrons. The van der Waals surface area contributed by atoms with Crippen molar-refractivity contribution in [3.63, 3.8) is 0 Å². The van der Waals surface area contributed by atoms with Gasteiger partial charge >= 0.3 is 5.97 Å². The van der Waals surface area contributed by atoms with Gasteiger partial charge in [-0.15, -0.1) is 0 Å². The maximum atomic E-state index is 9.90. The zero-order chi connectivity index (χ0) is 7.28. The zero-order valence-corrected chi connectivity index (χ0v) is 5.50. The molecule has 0 amide bonds. The second-order valence-electron chi connectivity index (χ2n) is 2.13. The lowest BCUT2D eigenvalue weighted by molar-refractivity contribution is -0.137. The molecule has 1 unspecified atom stereocenters. The van der Waals surface area contributed by atoms with Crippen LogP contribution in [0.1, 0.15) is 26.2 Å². The van der Waals surface area contributed by atoms with Crippen molar-refractivity contribution < 1.29 is 15.0 Å². The summed E-state index contributed by atoms with van der Waals surface area (Å²) < 4.78 is 0. The number of aliphatic carboxylic acids is 1. The van der Waals surface area contributed by atoms with Gasteiger partial charge in [-0.05, 0) is 19.8 Å². The van der Waals surface area contributed by atoms with Crippen molar-refractivity contribution in [2.75, 3.05) is 0 Å². The highest BCUT2D eigenvalue weighted by Gasteiger charge is 1.98. The van der Waals surface area contributed by atoms with Gasteiger partial charge in [0.05, 0.1) is 6.10 Å². The number of rotatable bonds is 4. The van der Waals surface area contributed by atoms with E-state index in [0.717, 1.165) is 0 Å². The fourth-order valence-electron chi connectivity index (χ4n) is 0.549. The monoisotopic (exact) mass is 132 g/mol. The van der Waals surface area contributed by atoms with Crippen molar-refractivity contribution in [1.29, 1.82) is 0 Å². The van der Waals surface area contributed by atoms with Crippen molar-refractivity contribution in [2.45, 2.75) is 32.3 Å². The van der Waals surface area contributed by atoms with Crippen LogP contribution in [-0.2, 0) is 4.79 Å². The van der Waals surface area contributed by atoms with E-state index in [1.165, 1.54) is 0 Å². The Kier molecular flexibility index (Phi) is 4.05. The Morgan fingerprint density at radius 3 is 2.56 bits per heavy atom. The van der Waals surface area contributed by atoms with Crippen LogP contribution < -0.4 is 0 Å². The zero-order valence-electron chi connectivity index (χ0n) is 5.50. The number of carboxylic acids is 1. The molecule has 0 saturated heterocycles. The normalized spacial score (nSPS) is 13.1. The molecule has 1 atom stereocenters. The topological polar surface area (TPSA) is 57.5 Å². The third kappa shape index (κ3) is 7.43. The fraction of sp³-hybridized carbons (Fsp3) is 0.833. The van der Waals surface area contributed by atoms with Crippen LogP contribution in [0.5, 0.6) is 0 Å². The maximum Gasteiger partial charge on any atom is 0.303 e. The molecule has 0 heterocycles. The summed E-state index contributed by atoms with van der Waals surface area (Å²) in [4.78, 5) is 9.90. The Morgan fingerprint density at radius 1 is 1.67 bits per heavy atom. The molecule has 0 radical (unpaired) electrons. The average Bonchev–Trinajstić information content (AvgIpc) is 1.63. The van der Waals surface area contributed by atoms with Gasteiger partial charge in [-0.25, -0.2) is 0 Å². The van der Waals surface area contributed by atoms with Crippen LogP contribution >= 0.6 is 0 Å². The molecule has 0 aromatic carbocycles. The summed E-state index contributed by atoms with van der Waals surface area (Å²) >= 11 is 0. The molecule has 0 fully saturated rings. The van der Waals surface area contributed by atoms with Gasteiger partial charge in [0.15, 0.2) is 0 Å². The second kappa shape index (κ2) is 4.32. The van der Waals surface area contributed by atoms with Crippen molar-refractivity contribution in [3.05, 3.63) is 0 Å². The standard InChI is InChI=1S/C6H12O3/c1-5(7)3-2-4-6(8)9/h5,7H,2-4H2,1H3,(H,8,9). The lowest BCUT2D eigenvalue weighted by Gasteiger charge is -1.99. The first-order chi connectivity index (χ1) is 4.13. The quantitative estimate of drug-likeness (QED) is 0.589. The minimum atomic E-state index is -0.796. The molecule has 0 spiro atoms. The molecule has 3 heteroatoms. The summed E-state index contributed by atoms with van der Waals surface area (Å²) in [6, 6.07) is 0. The Morgan fingerprint density at radius 2 is 2.22 bits per heavy atom. The molecule has 0 aliphatic rings. The molecular formula is C6H12O3. The Bertz CT molecular complexity index is 88.3. The van der Waals surface area contributed by atoms with E-state index < -0.39 is 5.97 Å². The fourth-order valence-corrected chi connectivity index (χ4v) is 0.549. The Balaban J connectivity index is 3.01. The first kappa shape index (κ1) is 8.43. The van der Waals surface area contributed by atoms with Gasteiger partial charge in [-0.2, -0.15) is 0 Å². The molecule has 3 nitrogen and oxygen atoms in total. The molecule has 0 aromatic heterocycles. The molecule has 9 heavy (non-hydrogen) atoms. The second-order valence-corrected chi connectivity index (χ2v) is 2.13. The molecule has 0 saturated carbocycles. The number of hydrogen-bond donors (Lipinski definition) is 2. The number of carboxylic acid groups (broad SMARTS) is 1. The van der Waals surface area contributed by atoms with Crippen LogP contribution in [0.25, 0.3) is 0 Å². The van der Waals surface area contributed by atoms with E-state index in [-0.39, 0.29) is 12.5 Å². The van der Waals surface area contributed by atoms with E-state index in [1.54, 1.807) is 6.92 Å². The van der Waals surface area contributed by atoms with Gasteiger partial charge in [-0.3, -0.25) is 4.79 Å². The van der Waals surface area contributed by atoms with Crippen LogP contribution in [0.2, 0.25) is 0 Å². The van der Waals surface area contributed by atoms with E-state index in [0.29, 0.717) is 12.8 Å². The van der Waals surface area contributed by atoms with Crippen molar-refractivity contribution in [3.8, 4) is 0 Å². The van der Waals surface area contributed by atoms with E-state index in [9.17, 15) is 4.79 Å². The third-order valence-corrected chi connectivity index (χ3v) is 1.01. The molecular weight excluding hydrogens is 120 g/mol. The van der Waals surface area contributed by atoms with Gasteiger partial charge in [0.25, 0.3) is 0 Å². The van der Waals surface area contributed by atoms with Crippen LogP contribution in [0.3, 0.4) is 0 Å². The number of aliphatic hydroxyl groups is 1. The highest BCUT2D eigenvalue weighted by molar-refractivity contribution is 5.66. The Hall–Kier alpha value is -0.570. The summed E-state index contributed by atoms with van der Waals surface area (Å²) in [6.07, 6.45) is 0.925. The largest absolute Gasteiger partial charge is 0.481 e. The maximum absolute atomic E-state index is 9.90. The number of aliphatic hydroxyl groups excluding tert-OH is 1. The molecule has 0 aliphatic heterocycles. The van der Waals surface area contributed by atoms with E-state index in [1.807, 2.05) is 0 Å². The van der Waals surface area contributed by atoms with Crippen LogP contribution in [0, 0.1) is 0 Å². The van der Waals surface area contributed by atoms with E-state index in [2.05, 4.69) is 0 Å². The molecule has 0 rings (SSSR count). The predicted octanol–water partition coefficient (Wildman–Crippen LogP) is 0.622. The lowest BCUT2D eigenvalue weighted by atomic mass is 10.2. The van der Waals surface area contributed by atoms with Gasteiger partial charge in [0.1, 0.15) is 0 Å². The van der Waals surface area contributed by atoms with Gasteiger partial charge in [0.2, 0.25) is 0 Å². The molecule has 0 aromatic rings. The Labute approximate surface area is 54.3 Å². The van der Waals surface area contributed by atoms with Gasteiger partial charge in [0, 0.05) is 6.42 Å². The SMILES string of the molecule is CC(O)CCCC(=O)O. The first-order valence-electron chi connectivity index (χ1n) is 3.03. The third-order valence-electron chi connectivity index (χ3n) is 1.01. The van der Waals surface area contributed by atoms with Crippen molar-refractivity contribution in [1.82, 2.24) is 0 Å². The lowest BCUT2D eigenvalue weighted by Crippen LogP contribution is -2.01. The van der Waals surface area contributed by atoms with Crippen LogP contribution in [0.15, 0.2) is 0 Å². The summed E-state index contributed by atoms with van der Waals surface area (Å²) in [5.41, 5.74) is 0. The van der Waals surface area contributed by atoms with Crippen molar-refractivity contribution in [2.24, 2.45) is 0 Å². The minimum absolute atomic E-state index is 0.158. The first-order valence-corrected chi connectivity index (χ1v) is 3.03. The minimum Gasteiger partial charge on any atom is -0.481 e. The van der Waals surface area contributed by atoms with Gasteiger partial charge in [-0.1, -0.05) is 0 Å². The summed E-state index contributed by atoms with van der Waals surface area (Å²) in [6.45, 7) is 1.65. The van der Waals surface area contributed by atoms with E-state index in [4.69, 9.17) is 10.2 Å². The average molecular weight is 132 g/mol. The highest BCUT2D eigenvalue weighted by Crippen LogP contribution is 1.98. The van der Waals surface area contributed by atoms with Crippen molar-refractivity contribution >= 4 is 5.97 Å². The van der Waals surface area contributed by atoms with Crippen LogP contribution in [-0.4, -0.2) is 22.3 Å². The highest BCUT2D eigenvalue weighted by atomic mass is 16.4. The van der Waals surface area contributed by atoms with E-state index >= 15 is 0 Å². The number of carbonyl (C=O) groups is 1. The summed E-state index contributed by atoms with van der Waals surface area (Å²) in [5, 5.41) is 16.8. The molecule has 0 aliphatic carbocycles. The predicted molar refractivity (Wildman–Crippen MR) is 33.2 cm³/mol. The number of hydrogen-bond acceptors (Lipinski definition) is 2. The van der Waals surface area contributed by atoms with Gasteiger partial charge < -0.3 is 10.2 Å². The summed E-state index contributed by atoms with van der Waals surface area (Å²) in [5.74, 6) is -0.796. The molecule has 0 bridgehead atoms. The smallest absolute Gasteiger partial charge is 0.303 e. The molecule has 2 N–H and O–H groups in total. The summed E-state index contributed by atoms with van der Waals surface area (Å²) in [7, 11) is 0. The van der Waals surface area contributed by atoms with Crippen LogP contribution in [0.4, 0.5) is 0 Å².